The third-order valence-electron chi connectivity index (χ3n) is 4.16. The number of ether oxygens (including phenoxy) is 1. The first kappa shape index (κ1) is 32.7. The van der Waals surface area contributed by atoms with E-state index in [9.17, 15) is 79.7 Å². The standard InChI is InChI=1S/C13H11F17O4/c1-2-34-5(33,4(32)3-31)6(14,15)7(16,17)8(18,19)9(20,21)10(22,23)11(24,25)12(26,27)13(28,29)30/h4,31-33H,2-3H2,1H3. The van der Waals surface area contributed by atoms with Gasteiger partial charge >= 0.3 is 47.6 Å². The number of hydrogen-bond acceptors (Lipinski definition) is 4. The van der Waals surface area contributed by atoms with Crippen molar-refractivity contribution in [2.75, 3.05) is 13.2 Å². The Morgan fingerprint density at radius 2 is 0.824 bits per heavy atom. The van der Waals surface area contributed by atoms with Gasteiger partial charge in [-0.15, -0.1) is 0 Å². The molecule has 21 heteroatoms. The van der Waals surface area contributed by atoms with E-state index in [2.05, 4.69) is 4.74 Å². The molecule has 0 heterocycles. The van der Waals surface area contributed by atoms with Gasteiger partial charge in [-0.05, 0) is 6.92 Å². The fraction of sp³-hybridized carbons (Fsp3) is 1.00. The molecule has 0 spiro atoms. The minimum atomic E-state index is -8.84. The Labute approximate surface area is 175 Å². The van der Waals surface area contributed by atoms with E-state index in [4.69, 9.17) is 10.2 Å². The van der Waals surface area contributed by atoms with E-state index < -0.39 is 72.7 Å². The molecule has 0 radical (unpaired) electrons. The highest BCUT2D eigenvalue weighted by molar-refractivity contribution is 5.17. The molecule has 0 aromatic rings. The molecule has 0 aromatic heterocycles. The third-order valence-corrected chi connectivity index (χ3v) is 4.16. The van der Waals surface area contributed by atoms with Crippen LogP contribution in [0.4, 0.5) is 74.6 Å². The summed E-state index contributed by atoms with van der Waals surface area (Å²) in [7, 11) is 0. The predicted octanol–water partition coefficient (Wildman–Crippen LogP) is 4.07. The van der Waals surface area contributed by atoms with E-state index in [1.807, 2.05) is 0 Å². The van der Waals surface area contributed by atoms with Gasteiger partial charge in [0.1, 0.15) is 6.10 Å². The van der Waals surface area contributed by atoms with Gasteiger partial charge in [0.25, 0.3) is 5.79 Å². The van der Waals surface area contributed by atoms with E-state index in [1.165, 1.54) is 0 Å². The molecule has 206 valence electrons. The van der Waals surface area contributed by atoms with E-state index in [0.717, 1.165) is 0 Å². The van der Waals surface area contributed by atoms with Gasteiger partial charge in [-0.3, -0.25) is 0 Å². The first-order chi connectivity index (χ1) is 14.5. The summed E-state index contributed by atoms with van der Waals surface area (Å²) in [6.07, 6.45) is -11.7. The fourth-order valence-corrected chi connectivity index (χ4v) is 2.13. The molecule has 34 heavy (non-hydrogen) atoms. The molecule has 0 aromatic carbocycles. The SMILES string of the molecule is CCOC(O)(C(O)CO)C(F)(F)C(F)(F)C(F)(F)C(F)(F)C(F)(F)C(F)(F)C(F)(F)C(F)(F)F. The van der Waals surface area contributed by atoms with Gasteiger partial charge in [0, 0.05) is 6.61 Å². The number of aliphatic hydroxyl groups excluding tert-OH is 2. The van der Waals surface area contributed by atoms with Crippen molar-refractivity contribution in [3.05, 3.63) is 0 Å². The van der Waals surface area contributed by atoms with Crippen LogP contribution in [0, 0.1) is 0 Å². The van der Waals surface area contributed by atoms with Gasteiger partial charge in [-0.25, -0.2) is 0 Å². The fourth-order valence-electron chi connectivity index (χ4n) is 2.13. The van der Waals surface area contributed by atoms with Gasteiger partial charge in [-0.2, -0.15) is 74.6 Å². The van der Waals surface area contributed by atoms with Crippen LogP contribution >= 0.6 is 0 Å². The third kappa shape index (κ3) is 3.94. The lowest BCUT2D eigenvalue weighted by Crippen LogP contribution is -2.77. The van der Waals surface area contributed by atoms with Crippen molar-refractivity contribution >= 4 is 0 Å². The monoisotopic (exact) mass is 554 g/mol. The van der Waals surface area contributed by atoms with Crippen LogP contribution in [0.2, 0.25) is 0 Å². The van der Waals surface area contributed by atoms with Gasteiger partial charge in [0.2, 0.25) is 0 Å². The van der Waals surface area contributed by atoms with Gasteiger partial charge in [0.15, 0.2) is 0 Å². The van der Waals surface area contributed by atoms with Crippen molar-refractivity contribution < 1.29 is 94.7 Å². The quantitative estimate of drug-likeness (QED) is 0.266. The highest BCUT2D eigenvalue weighted by Crippen LogP contribution is 2.65. The Morgan fingerprint density at radius 1 is 0.559 bits per heavy atom. The van der Waals surface area contributed by atoms with Crippen molar-refractivity contribution in [2.24, 2.45) is 0 Å². The molecule has 2 unspecified atom stereocenters. The Balaban J connectivity index is 7.06. The second kappa shape index (κ2) is 8.64. The lowest BCUT2D eigenvalue weighted by Gasteiger charge is -2.46. The molecule has 0 amide bonds. The topological polar surface area (TPSA) is 69.9 Å². The number of rotatable bonds is 11. The van der Waals surface area contributed by atoms with Crippen molar-refractivity contribution in [1.29, 1.82) is 0 Å². The average Bonchev–Trinajstić information content (AvgIpc) is 2.65. The van der Waals surface area contributed by atoms with Crippen LogP contribution in [0.15, 0.2) is 0 Å². The van der Waals surface area contributed by atoms with Crippen LogP contribution in [-0.2, 0) is 4.74 Å². The van der Waals surface area contributed by atoms with Crippen molar-refractivity contribution in [2.45, 2.75) is 66.4 Å². The number of alkyl halides is 17. The zero-order valence-electron chi connectivity index (χ0n) is 15.7. The lowest BCUT2D eigenvalue weighted by molar-refractivity contribution is -0.481. The number of aliphatic hydroxyl groups is 3. The lowest BCUT2D eigenvalue weighted by atomic mass is 9.85. The Hall–Kier alpha value is -1.35. The summed E-state index contributed by atoms with van der Waals surface area (Å²) in [5.41, 5.74) is 0. The zero-order valence-corrected chi connectivity index (χ0v) is 15.7. The molecule has 0 aliphatic rings. The maximum atomic E-state index is 14.0. The van der Waals surface area contributed by atoms with Crippen molar-refractivity contribution in [3.63, 3.8) is 0 Å². The van der Waals surface area contributed by atoms with Crippen molar-refractivity contribution in [3.8, 4) is 0 Å². The minimum absolute atomic E-state index is 0.476. The molecule has 0 saturated carbocycles. The average molecular weight is 554 g/mol. The number of hydrogen-bond donors (Lipinski definition) is 3. The molecule has 0 bridgehead atoms. The molecule has 0 saturated heterocycles. The minimum Gasteiger partial charge on any atom is -0.393 e. The molecule has 0 aliphatic heterocycles. The summed E-state index contributed by atoms with van der Waals surface area (Å²) in [5, 5.41) is 26.8. The van der Waals surface area contributed by atoms with E-state index in [0.29, 0.717) is 6.92 Å². The van der Waals surface area contributed by atoms with Crippen molar-refractivity contribution in [1.82, 2.24) is 0 Å². The Kier molecular flexibility index (Phi) is 8.30. The van der Waals surface area contributed by atoms with Crippen LogP contribution in [0.1, 0.15) is 6.92 Å². The second-order valence-electron chi connectivity index (χ2n) is 6.35. The maximum Gasteiger partial charge on any atom is 0.460 e. The van der Waals surface area contributed by atoms with E-state index >= 15 is 0 Å². The first-order valence-corrected chi connectivity index (χ1v) is 7.91. The molecule has 4 nitrogen and oxygen atoms in total. The van der Waals surface area contributed by atoms with Crippen LogP contribution in [-0.4, -0.2) is 88.1 Å². The Morgan fingerprint density at radius 3 is 1.06 bits per heavy atom. The molecule has 0 rings (SSSR count). The van der Waals surface area contributed by atoms with Gasteiger partial charge in [-0.1, -0.05) is 0 Å². The first-order valence-electron chi connectivity index (χ1n) is 7.91. The molecule has 0 aliphatic carbocycles. The molecular formula is C13H11F17O4. The summed E-state index contributed by atoms with van der Waals surface area (Å²) < 4.78 is 228. The summed E-state index contributed by atoms with van der Waals surface area (Å²) in [6, 6.07) is 0. The van der Waals surface area contributed by atoms with Gasteiger partial charge in [0.05, 0.1) is 6.61 Å². The van der Waals surface area contributed by atoms with Crippen LogP contribution in [0.25, 0.3) is 0 Å². The maximum absolute atomic E-state index is 14.0. The summed E-state index contributed by atoms with van der Waals surface area (Å²) >= 11 is 0. The van der Waals surface area contributed by atoms with Gasteiger partial charge < -0.3 is 20.1 Å². The molecule has 2 atom stereocenters. The van der Waals surface area contributed by atoms with Crippen LogP contribution < -0.4 is 0 Å². The van der Waals surface area contributed by atoms with E-state index in [-0.39, 0.29) is 0 Å². The Bertz CT molecular complexity index is 719. The smallest absolute Gasteiger partial charge is 0.393 e. The summed E-state index contributed by atoms with van der Waals surface area (Å²) in [6.45, 7) is -3.34. The summed E-state index contributed by atoms with van der Waals surface area (Å²) in [4.78, 5) is 0. The molecule has 0 fully saturated rings. The van der Waals surface area contributed by atoms with Crippen LogP contribution in [0.5, 0.6) is 0 Å². The highest BCUT2D eigenvalue weighted by Gasteiger charge is 2.96. The summed E-state index contributed by atoms with van der Waals surface area (Å²) in [5.74, 6) is -64.6. The normalized spacial score (nSPS) is 18.6. The molecular weight excluding hydrogens is 543 g/mol. The molecule has 3 N–H and O–H groups in total. The van der Waals surface area contributed by atoms with Crippen LogP contribution in [0.3, 0.4) is 0 Å². The zero-order chi connectivity index (χ0) is 28.2. The largest absolute Gasteiger partial charge is 0.460 e. The number of halogens is 17. The second-order valence-corrected chi connectivity index (χ2v) is 6.35. The highest BCUT2D eigenvalue weighted by atomic mass is 19.4. The van der Waals surface area contributed by atoms with E-state index in [1.54, 1.807) is 0 Å². The predicted molar refractivity (Wildman–Crippen MR) is 70.4 cm³/mol.